The van der Waals surface area contributed by atoms with E-state index >= 15 is 0 Å². The molecule has 0 radical (unpaired) electrons. The first-order valence-electron chi connectivity index (χ1n) is 6.06. The molecule has 0 saturated heterocycles. The lowest BCUT2D eigenvalue weighted by atomic mass is 10.1. The van der Waals surface area contributed by atoms with Crippen LogP contribution in [0.15, 0.2) is 48.5 Å². The molecular formula is C16H13NO2. The summed E-state index contributed by atoms with van der Waals surface area (Å²) in [6.07, 6.45) is 0. The molecule has 19 heavy (non-hydrogen) atoms. The van der Waals surface area contributed by atoms with Gasteiger partial charge in [0, 0.05) is 16.6 Å². The number of carbonyl (C=O) groups is 1. The Morgan fingerprint density at radius 1 is 1.05 bits per heavy atom. The Labute approximate surface area is 110 Å². The van der Waals surface area contributed by atoms with Gasteiger partial charge in [0.25, 0.3) is 0 Å². The summed E-state index contributed by atoms with van der Waals surface area (Å²) in [6.45, 7) is 2.05. The predicted octanol–water partition coefficient (Wildman–Crippen LogP) is 3.84. The third-order valence-electron chi connectivity index (χ3n) is 3.23. The molecule has 0 aliphatic rings. The third kappa shape index (κ3) is 2.10. The van der Waals surface area contributed by atoms with Crippen molar-refractivity contribution in [3.63, 3.8) is 0 Å². The van der Waals surface area contributed by atoms with Gasteiger partial charge in [-0.3, -0.25) is 0 Å². The number of benzene rings is 2. The lowest BCUT2D eigenvalue weighted by Crippen LogP contribution is -1.94. The number of aromatic nitrogens is 1. The molecule has 0 amide bonds. The first-order chi connectivity index (χ1) is 9.13. The summed E-state index contributed by atoms with van der Waals surface area (Å²) < 4.78 is 0. The van der Waals surface area contributed by atoms with Gasteiger partial charge >= 0.3 is 5.97 Å². The lowest BCUT2D eigenvalue weighted by Gasteiger charge is -1.97. The van der Waals surface area contributed by atoms with Crippen molar-refractivity contribution >= 4 is 16.9 Å². The molecule has 0 saturated carbocycles. The molecule has 0 bridgehead atoms. The molecule has 3 nitrogen and oxygen atoms in total. The van der Waals surface area contributed by atoms with Crippen molar-refractivity contribution in [1.82, 2.24) is 4.98 Å². The maximum absolute atomic E-state index is 10.9. The van der Waals surface area contributed by atoms with Gasteiger partial charge in [-0.05, 0) is 36.8 Å². The highest BCUT2D eigenvalue weighted by molar-refractivity contribution is 5.95. The summed E-state index contributed by atoms with van der Waals surface area (Å²) >= 11 is 0. The van der Waals surface area contributed by atoms with Gasteiger partial charge in [0.2, 0.25) is 0 Å². The van der Waals surface area contributed by atoms with Crippen LogP contribution in [0.4, 0.5) is 0 Å². The summed E-state index contributed by atoms with van der Waals surface area (Å²) in [5, 5.41) is 9.90. The Morgan fingerprint density at radius 2 is 1.79 bits per heavy atom. The number of hydrogen-bond donors (Lipinski definition) is 2. The molecule has 3 heteroatoms. The van der Waals surface area contributed by atoms with Crippen molar-refractivity contribution in [2.45, 2.75) is 6.92 Å². The number of carboxylic acid groups (broad SMARTS) is 1. The number of hydrogen-bond acceptors (Lipinski definition) is 1. The number of aromatic amines is 1. The minimum absolute atomic E-state index is 0.307. The standard InChI is InChI=1S/C16H13NO2/c1-10-2-4-11(5-3-10)15-9-13-8-12(16(18)19)6-7-14(13)17-15/h2-9,17H,1H3,(H,18,19). The highest BCUT2D eigenvalue weighted by Crippen LogP contribution is 2.25. The monoisotopic (exact) mass is 251 g/mol. The number of aromatic carboxylic acids is 1. The first kappa shape index (κ1) is 11.5. The fourth-order valence-corrected chi connectivity index (χ4v) is 2.15. The van der Waals surface area contributed by atoms with E-state index in [2.05, 4.69) is 29.2 Å². The Morgan fingerprint density at radius 3 is 2.47 bits per heavy atom. The molecule has 0 unspecified atom stereocenters. The van der Waals surface area contributed by atoms with Crippen LogP contribution in [0.25, 0.3) is 22.2 Å². The van der Waals surface area contributed by atoms with Crippen molar-refractivity contribution in [2.24, 2.45) is 0 Å². The first-order valence-corrected chi connectivity index (χ1v) is 6.06. The summed E-state index contributed by atoms with van der Waals surface area (Å²) in [5.41, 5.74) is 4.56. The van der Waals surface area contributed by atoms with E-state index in [0.717, 1.165) is 22.2 Å². The van der Waals surface area contributed by atoms with Crippen LogP contribution < -0.4 is 0 Å². The molecule has 0 fully saturated rings. The van der Waals surface area contributed by atoms with Gasteiger partial charge in [-0.15, -0.1) is 0 Å². The Kier molecular flexibility index (Phi) is 2.60. The molecule has 0 atom stereocenters. The number of carboxylic acids is 1. The third-order valence-corrected chi connectivity index (χ3v) is 3.23. The zero-order valence-electron chi connectivity index (χ0n) is 10.5. The lowest BCUT2D eigenvalue weighted by molar-refractivity contribution is 0.0697. The quantitative estimate of drug-likeness (QED) is 0.727. The van der Waals surface area contributed by atoms with E-state index in [1.54, 1.807) is 18.2 Å². The topological polar surface area (TPSA) is 53.1 Å². The van der Waals surface area contributed by atoms with Crippen LogP contribution in [0.3, 0.4) is 0 Å². The van der Waals surface area contributed by atoms with Gasteiger partial charge in [-0.1, -0.05) is 29.8 Å². The number of nitrogens with one attached hydrogen (secondary N) is 1. The highest BCUT2D eigenvalue weighted by Gasteiger charge is 2.07. The van der Waals surface area contributed by atoms with Crippen molar-refractivity contribution in [3.05, 3.63) is 59.7 Å². The summed E-state index contributed by atoms with van der Waals surface area (Å²) in [5.74, 6) is -0.903. The Balaban J connectivity index is 2.11. The average molecular weight is 251 g/mol. The van der Waals surface area contributed by atoms with Gasteiger partial charge < -0.3 is 10.1 Å². The molecule has 94 valence electrons. The molecule has 1 heterocycles. The van der Waals surface area contributed by atoms with Crippen LogP contribution in [-0.4, -0.2) is 16.1 Å². The minimum Gasteiger partial charge on any atom is -0.478 e. The largest absolute Gasteiger partial charge is 0.478 e. The summed E-state index contributed by atoms with van der Waals surface area (Å²) in [4.78, 5) is 14.3. The van der Waals surface area contributed by atoms with E-state index in [9.17, 15) is 4.79 Å². The zero-order valence-corrected chi connectivity index (χ0v) is 10.5. The van der Waals surface area contributed by atoms with Crippen LogP contribution >= 0.6 is 0 Å². The molecule has 1 aromatic heterocycles. The van der Waals surface area contributed by atoms with E-state index in [1.165, 1.54) is 5.56 Å². The number of fused-ring (bicyclic) bond motifs is 1. The number of H-pyrrole nitrogens is 1. The van der Waals surface area contributed by atoms with E-state index in [1.807, 2.05) is 13.0 Å². The maximum Gasteiger partial charge on any atom is 0.335 e. The van der Waals surface area contributed by atoms with Gasteiger partial charge in [0.05, 0.1) is 5.56 Å². The van der Waals surface area contributed by atoms with Crippen molar-refractivity contribution in [1.29, 1.82) is 0 Å². The summed E-state index contributed by atoms with van der Waals surface area (Å²) in [6, 6.07) is 15.3. The molecular weight excluding hydrogens is 238 g/mol. The van der Waals surface area contributed by atoms with E-state index < -0.39 is 5.97 Å². The molecule has 0 aliphatic heterocycles. The van der Waals surface area contributed by atoms with Crippen LogP contribution in [0.1, 0.15) is 15.9 Å². The molecule has 3 rings (SSSR count). The average Bonchev–Trinajstić information content (AvgIpc) is 2.82. The Hall–Kier alpha value is -2.55. The molecule has 2 aromatic carbocycles. The zero-order chi connectivity index (χ0) is 13.4. The van der Waals surface area contributed by atoms with Crippen LogP contribution in [0.2, 0.25) is 0 Å². The van der Waals surface area contributed by atoms with Gasteiger partial charge in [-0.2, -0.15) is 0 Å². The second-order valence-corrected chi connectivity index (χ2v) is 4.66. The fraction of sp³-hybridized carbons (Fsp3) is 0.0625. The normalized spacial score (nSPS) is 10.8. The summed E-state index contributed by atoms with van der Waals surface area (Å²) in [7, 11) is 0. The molecule has 2 N–H and O–H groups in total. The van der Waals surface area contributed by atoms with Crippen LogP contribution in [0, 0.1) is 6.92 Å². The van der Waals surface area contributed by atoms with E-state index in [-0.39, 0.29) is 0 Å². The second kappa shape index (κ2) is 4.28. The van der Waals surface area contributed by atoms with Crippen molar-refractivity contribution in [3.8, 4) is 11.3 Å². The van der Waals surface area contributed by atoms with Gasteiger partial charge in [-0.25, -0.2) is 4.79 Å². The van der Waals surface area contributed by atoms with Crippen molar-refractivity contribution in [2.75, 3.05) is 0 Å². The maximum atomic E-state index is 10.9. The smallest absolute Gasteiger partial charge is 0.335 e. The van der Waals surface area contributed by atoms with E-state index in [4.69, 9.17) is 5.11 Å². The predicted molar refractivity (Wildman–Crippen MR) is 75.4 cm³/mol. The molecule has 0 spiro atoms. The fourth-order valence-electron chi connectivity index (χ4n) is 2.15. The van der Waals surface area contributed by atoms with Crippen LogP contribution in [0.5, 0.6) is 0 Å². The van der Waals surface area contributed by atoms with Gasteiger partial charge in [0.15, 0.2) is 0 Å². The molecule has 3 aromatic rings. The van der Waals surface area contributed by atoms with Crippen LogP contribution in [-0.2, 0) is 0 Å². The number of rotatable bonds is 2. The number of aryl methyl sites for hydroxylation is 1. The minimum atomic E-state index is -0.903. The highest BCUT2D eigenvalue weighted by atomic mass is 16.4. The Bertz CT molecular complexity index is 754. The van der Waals surface area contributed by atoms with Crippen molar-refractivity contribution < 1.29 is 9.90 Å². The van der Waals surface area contributed by atoms with E-state index in [0.29, 0.717) is 5.56 Å². The second-order valence-electron chi connectivity index (χ2n) is 4.66. The SMILES string of the molecule is Cc1ccc(-c2cc3cc(C(=O)O)ccc3[nH]2)cc1. The molecule has 0 aliphatic carbocycles. The van der Waals surface area contributed by atoms with Gasteiger partial charge in [0.1, 0.15) is 0 Å².